The number of aliphatic hydroxyl groups is 4. The number of aliphatic hydroxyl groups excluding tert-OH is 4. The van der Waals surface area contributed by atoms with Gasteiger partial charge in [0, 0.05) is 11.4 Å². The summed E-state index contributed by atoms with van der Waals surface area (Å²) in [6.45, 7) is 0.391. The van der Waals surface area contributed by atoms with Crippen LogP contribution in [-0.2, 0) is 4.74 Å². The average molecular weight is 472 g/mol. The van der Waals surface area contributed by atoms with Crippen LogP contribution >= 0.6 is 24.2 Å². The molecule has 170 valence electrons. The van der Waals surface area contributed by atoms with Crippen LogP contribution in [0.15, 0.2) is 63.7 Å². The van der Waals surface area contributed by atoms with Crippen molar-refractivity contribution >= 4 is 35.5 Å². The summed E-state index contributed by atoms with van der Waals surface area (Å²) < 4.78 is 11.0. The van der Waals surface area contributed by atoms with Gasteiger partial charge in [0.1, 0.15) is 42.2 Å². The van der Waals surface area contributed by atoms with E-state index in [4.69, 9.17) is 15.2 Å². The number of hydrogen-bond acceptors (Lipinski definition) is 10. The highest BCUT2D eigenvalue weighted by Crippen LogP contribution is 2.38. The molecule has 0 bridgehead atoms. The van der Waals surface area contributed by atoms with Gasteiger partial charge in [0.2, 0.25) is 0 Å². The van der Waals surface area contributed by atoms with Crippen molar-refractivity contribution in [3.05, 3.63) is 48.5 Å². The van der Waals surface area contributed by atoms with Gasteiger partial charge >= 0.3 is 0 Å². The normalized spacial score (nSPS) is 25.9. The zero-order chi connectivity index (χ0) is 21.5. The Labute approximate surface area is 190 Å². The first-order chi connectivity index (χ1) is 14.5. The lowest BCUT2D eigenvalue weighted by molar-refractivity contribution is -0.205. The molecule has 6 N–H and O–H groups in total. The van der Waals surface area contributed by atoms with E-state index in [0.717, 1.165) is 11.8 Å². The van der Waals surface area contributed by atoms with Gasteiger partial charge in [-0.3, -0.25) is 0 Å². The minimum atomic E-state index is -1.43. The van der Waals surface area contributed by atoms with Crippen molar-refractivity contribution in [1.29, 1.82) is 0 Å². The van der Waals surface area contributed by atoms with E-state index < -0.39 is 36.5 Å². The molecule has 31 heavy (non-hydrogen) atoms. The molecule has 3 rings (SSSR count). The molecule has 1 aliphatic heterocycles. The number of nitrogens with two attached hydrogens (primary N) is 1. The molecule has 0 spiro atoms. The SMILES string of the molecule is Cl.NCCOc1ccc(N=Nc2ccccc2S[C@@H]2O[C@H](CO)[C@H](O)[C@H](O)[C@H]2O)cc1. The number of benzene rings is 2. The van der Waals surface area contributed by atoms with Gasteiger partial charge in [-0.1, -0.05) is 23.9 Å². The maximum Gasteiger partial charge on any atom is 0.136 e. The van der Waals surface area contributed by atoms with Crippen LogP contribution in [0.5, 0.6) is 5.75 Å². The largest absolute Gasteiger partial charge is 0.492 e. The number of thioether (sulfide) groups is 1. The quantitative estimate of drug-likeness (QED) is 0.365. The standard InChI is InChI=1S/C20H25N3O6S.ClH/c21-9-10-28-13-7-5-12(6-8-13)22-23-14-3-1-2-4-16(14)30-20-19(27)18(26)17(25)15(11-24)29-20;/h1-8,15,17-20,24-27H,9-11,21H2;1H/t15-,17+,18+,19-,20+;/m1./s1. The molecule has 2 aromatic carbocycles. The van der Waals surface area contributed by atoms with Gasteiger partial charge in [0.25, 0.3) is 0 Å². The lowest BCUT2D eigenvalue weighted by atomic mass is 10.0. The van der Waals surface area contributed by atoms with Crippen molar-refractivity contribution in [2.45, 2.75) is 34.7 Å². The van der Waals surface area contributed by atoms with Crippen LogP contribution in [0, 0.1) is 0 Å². The van der Waals surface area contributed by atoms with Crippen molar-refractivity contribution in [3.63, 3.8) is 0 Å². The summed E-state index contributed by atoms with van der Waals surface area (Å²) in [6, 6.07) is 14.2. The minimum absolute atomic E-state index is 0. The molecule has 0 aromatic heterocycles. The predicted octanol–water partition coefficient (Wildman–Crippen LogP) is 1.75. The Morgan fingerprint density at radius 3 is 2.35 bits per heavy atom. The molecule has 0 amide bonds. The zero-order valence-corrected chi connectivity index (χ0v) is 18.2. The minimum Gasteiger partial charge on any atom is -0.492 e. The molecule has 1 heterocycles. The number of ether oxygens (including phenoxy) is 2. The van der Waals surface area contributed by atoms with Crippen LogP contribution in [0.25, 0.3) is 0 Å². The molecule has 1 saturated heterocycles. The van der Waals surface area contributed by atoms with Crippen molar-refractivity contribution in [2.75, 3.05) is 19.8 Å². The van der Waals surface area contributed by atoms with Crippen molar-refractivity contribution in [2.24, 2.45) is 16.0 Å². The highest BCUT2D eigenvalue weighted by molar-refractivity contribution is 8.00. The first-order valence-corrected chi connectivity index (χ1v) is 10.3. The van der Waals surface area contributed by atoms with Gasteiger partial charge in [0.05, 0.1) is 18.0 Å². The van der Waals surface area contributed by atoms with E-state index in [1.54, 1.807) is 48.5 Å². The number of azo groups is 1. The molecule has 0 radical (unpaired) electrons. The Balaban J connectivity index is 0.00000341. The third-order valence-electron chi connectivity index (χ3n) is 4.45. The van der Waals surface area contributed by atoms with Gasteiger partial charge < -0.3 is 35.6 Å². The van der Waals surface area contributed by atoms with Gasteiger partial charge in [-0.15, -0.1) is 17.5 Å². The van der Waals surface area contributed by atoms with E-state index in [1.807, 2.05) is 0 Å². The fourth-order valence-corrected chi connectivity index (χ4v) is 3.96. The Bertz CT molecular complexity index is 842. The third-order valence-corrected chi connectivity index (χ3v) is 5.67. The number of rotatable bonds is 8. The second-order valence-corrected chi connectivity index (χ2v) is 7.75. The van der Waals surface area contributed by atoms with Gasteiger partial charge in [-0.2, -0.15) is 5.11 Å². The Morgan fingerprint density at radius 2 is 1.68 bits per heavy atom. The summed E-state index contributed by atoms with van der Waals surface area (Å²) in [5.41, 5.74) is 5.69. The maximum atomic E-state index is 10.3. The Morgan fingerprint density at radius 1 is 0.968 bits per heavy atom. The molecule has 5 atom stereocenters. The highest BCUT2D eigenvalue weighted by Gasteiger charge is 2.43. The van der Waals surface area contributed by atoms with E-state index in [-0.39, 0.29) is 12.4 Å². The van der Waals surface area contributed by atoms with Crippen LogP contribution in [0.3, 0.4) is 0 Å². The van der Waals surface area contributed by atoms with E-state index >= 15 is 0 Å². The summed E-state index contributed by atoms with van der Waals surface area (Å²) in [4.78, 5) is 0.661. The molecule has 2 aromatic rings. The summed E-state index contributed by atoms with van der Waals surface area (Å²) >= 11 is 1.13. The van der Waals surface area contributed by atoms with Gasteiger partial charge in [-0.25, -0.2) is 0 Å². The van der Waals surface area contributed by atoms with Gasteiger partial charge in [0.15, 0.2) is 0 Å². The number of hydrogen-bond donors (Lipinski definition) is 5. The smallest absolute Gasteiger partial charge is 0.136 e. The van der Waals surface area contributed by atoms with Crippen molar-refractivity contribution in [1.82, 2.24) is 0 Å². The lowest BCUT2D eigenvalue weighted by Crippen LogP contribution is -2.57. The van der Waals surface area contributed by atoms with Crippen molar-refractivity contribution < 1.29 is 29.9 Å². The summed E-state index contributed by atoms with van der Waals surface area (Å²) in [6.07, 6.45) is -5.12. The molecule has 1 fully saturated rings. The van der Waals surface area contributed by atoms with Crippen LogP contribution in [0.1, 0.15) is 0 Å². The lowest BCUT2D eigenvalue weighted by Gasteiger charge is -2.39. The molecular formula is C20H26ClN3O6S. The van der Waals surface area contributed by atoms with E-state index in [1.165, 1.54) is 0 Å². The summed E-state index contributed by atoms with van der Waals surface area (Å²) in [5.74, 6) is 0.693. The Hall–Kier alpha value is -1.76. The van der Waals surface area contributed by atoms with E-state index in [9.17, 15) is 20.4 Å². The number of nitrogens with zero attached hydrogens (tertiary/aromatic N) is 2. The molecule has 11 heteroatoms. The monoisotopic (exact) mass is 471 g/mol. The fourth-order valence-electron chi connectivity index (χ4n) is 2.83. The Kier molecular flexibility index (Phi) is 10.1. The zero-order valence-electron chi connectivity index (χ0n) is 16.5. The average Bonchev–Trinajstić information content (AvgIpc) is 2.78. The molecule has 0 unspecified atom stereocenters. The fraction of sp³-hybridized carbons (Fsp3) is 0.400. The first kappa shape index (κ1) is 25.5. The second-order valence-electron chi connectivity index (χ2n) is 6.61. The molecular weight excluding hydrogens is 446 g/mol. The van der Waals surface area contributed by atoms with Crippen molar-refractivity contribution in [3.8, 4) is 5.75 Å². The van der Waals surface area contributed by atoms with Crippen LogP contribution in [0.4, 0.5) is 11.4 Å². The van der Waals surface area contributed by atoms with E-state index in [0.29, 0.717) is 35.2 Å². The van der Waals surface area contributed by atoms with Crippen LogP contribution in [0.2, 0.25) is 0 Å². The van der Waals surface area contributed by atoms with E-state index in [2.05, 4.69) is 10.2 Å². The maximum absolute atomic E-state index is 10.3. The van der Waals surface area contributed by atoms with Gasteiger partial charge in [-0.05, 0) is 36.4 Å². The predicted molar refractivity (Wildman–Crippen MR) is 118 cm³/mol. The van der Waals surface area contributed by atoms with Crippen LogP contribution < -0.4 is 10.5 Å². The second kappa shape index (κ2) is 12.3. The molecule has 9 nitrogen and oxygen atoms in total. The highest BCUT2D eigenvalue weighted by atomic mass is 35.5. The molecule has 0 saturated carbocycles. The first-order valence-electron chi connectivity index (χ1n) is 9.44. The molecule has 1 aliphatic rings. The topological polar surface area (TPSA) is 150 Å². The van der Waals surface area contributed by atoms with Crippen LogP contribution in [-0.4, -0.2) is 70.0 Å². The third kappa shape index (κ3) is 6.61. The number of halogens is 1. The summed E-state index contributed by atoms with van der Waals surface area (Å²) in [7, 11) is 0. The molecule has 0 aliphatic carbocycles. The summed E-state index contributed by atoms with van der Waals surface area (Å²) in [5, 5.41) is 48.0.